The third kappa shape index (κ3) is 3.86. The monoisotopic (exact) mass is 235 g/mol. The second-order valence-electron chi connectivity index (χ2n) is 4.31. The van der Waals surface area contributed by atoms with Crippen molar-refractivity contribution in [3.05, 3.63) is 34.9 Å². The zero-order valence-electron chi connectivity index (χ0n) is 11.0. The van der Waals surface area contributed by atoms with Gasteiger partial charge in [0.25, 0.3) is 0 Å². The Labute approximate surface area is 103 Å². The number of aryl methyl sites for hydroxylation is 2. The van der Waals surface area contributed by atoms with E-state index in [0.29, 0.717) is 0 Å². The molecule has 0 saturated carbocycles. The van der Waals surface area contributed by atoms with Gasteiger partial charge in [-0.05, 0) is 37.0 Å². The van der Waals surface area contributed by atoms with Gasteiger partial charge in [-0.1, -0.05) is 25.1 Å². The zero-order chi connectivity index (χ0) is 12.8. The summed E-state index contributed by atoms with van der Waals surface area (Å²) in [5.41, 5.74) is 3.67. The predicted octanol–water partition coefficient (Wildman–Crippen LogP) is 2.52. The van der Waals surface area contributed by atoms with Crippen molar-refractivity contribution in [2.75, 3.05) is 13.7 Å². The van der Waals surface area contributed by atoms with E-state index in [2.05, 4.69) is 44.3 Å². The Balaban J connectivity index is 2.79. The number of ether oxygens (including phenoxy) is 1. The Morgan fingerprint density at radius 2 is 2.06 bits per heavy atom. The minimum absolute atomic E-state index is 0.0666. The average molecular weight is 235 g/mol. The first-order valence-electron chi connectivity index (χ1n) is 5.94. The summed E-state index contributed by atoms with van der Waals surface area (Å²) in [7, 11) is 1.52. The van der Waals surface area contributed by atoms with E-state index in [4.69, 9.17) is 4.74 Å². The molecule has 0 aromatic heterocycles. The fourth-order valence-corrected chi connectivity index (χ4v) is 1.77. The third-order valence-corrected chi connectivity index (χ3v) is 2.95. The van der Waals surface area contributed by atoms with E-state index < -0.39 is 0 Å². The maximum absolute atomic E-state index is 11.5. The summed E-state index contributed by atoms with van der Waals surface area (Å²) < 4.78 is 4.82. The highest BCUT2D eigenvalue weighted by Crippen LogP contribution is 2.19. The molecule has 0 bridgehead atoms. The molecule has 0 spiro atoms. The lowest BCUT2D eigenvalue weighted by Gasteiger charge is -2.18. The summed E-state index contributed by atoms with van der Waals surface area (Å²) >= 11 is 0. The van der Waals surface area contributed by atoms with Crippen molar-refractivity contribution in [3.8, 4) is 0 Å². The van der Waals surface area contributed by atoms with Crippen molar-refractivity contribution < 1.29 is 9.53 Å². The number of carbonyl (C=O) groups is 1. The van der Waals surface area contributed by atoms with Crippen LogP contribution in [0, 0.1) is 13.8 Å². The molecule has 1 amide bonds. The van der Waals surface area contributed by atoms with Crippen LogP contribution in [-0.2, 0) is 9.53 Å². The van der Waals surface area contributed by atoms with E-state index in [0.717, 1.165) is 12.0 Å². The fourth-order valence-electron chi connectivity index (χ4n) is 1.77. The highest BCUT2D eigenvalue weighted by atomic mass is 16.5. The van der Waals surface area contributed by atoms with Crippen LogP contribution in [0.5, 0.6) is 0 Å². The van der Waals surface area contributed by atoms with Crippen LogP contribution in [0.25, 0.3) is 0 Å². The zero-order valence-corrected chi connectivity index (χ0v) is 11.0. The highest BCUT2D eigenvalue weighted by molar-refractivity contribution is 5.77. The van der Waals surface area contributed by atoms with Crippen LogP contribution >= 0.6 is 0 Å². The number of methoxy groups -OCH3 is 1. The lowest BCUT2D eigenvalue weighted by atomic mass is 9.99. The molecule has 0 unspecified atom stereocenters. The van der Waals surface area contributed by atoms with Crippen molar-refractivity contribution in [2.24, 2.45) is 0 Å². The van der Waals surface area contributed by atoms with Gasteiger partial charge in [0.15, 0.2) is 0 Å². The second-order valence-corrected chi connectivity index (χ2v) is 4.31. The summed E-state index contributed by atoms with van der Waals surface area (Å²) in [5.74, 6) is -0.0717. The first-order valence-corrected chi connectivity index (χ1v) is 5.94. The molecule has 1 aromatic rings. The van der Waals surface area contributed by atoms with E-state index in [1.807, 2.05) is 0 Å². The lowest BCUT2D eigenvalue weighted by molar-refractivity contribution is -0.125. The molecule has 1 atom stereocenters. The molecule has 0 radical (unpaired) electrons. The standard InChI is InChI=1S/C14H21NO2/c1-5-13(15-14(16)9-17-4)12-7-6-10(2)11(3)8-12/h6-8,13H,5,9H2,1-4H3,(H,15,16)/t13-/m1/s1. The summed E-state index contributed by atoms with van der Waals surface area (Å²) in [6, 6.07) is 6.37. The van der Waals surface area contributed by atoms with Crippen LogP contribution < -0.4 is 5.32 Å². The Morgan fingerprint density at radius 1 is 1.35 bits per heavy atom. The van der Waals surface area contributed by atoms with Crippen LogP contribution in [0.4, 0.5) is 0 Å². The maximum atomic E-state index is 11.5. The molecule has 1 aromatic carbocycles. The predicted molar refractivity (Wildman–Crippen MR) is 69.0 cm³/mol. The van der Waals surface area contributed by atoms with Gasteiger partial charge >= 0.3 is 0 Å². The van der Waals surface area contributed by atoms with E-state index in [9.17, 15) is 4.79 Å². The molecule has 0 heterocycles. The van der Waals surface area contributed by atoms with Crippen LogP contribution in [-0.4, -0.2) is 19.6 Å². The molecule has 1 N–H and O–H groups in total. The fraction of sp³-hybridized carbons (Fsp3) is 0.500. The minimum atomic E-state index is -0.0717. The number of benzene rings is 1. The molecule has 0 aliphatic carbocycles. The number of nitrogens with one attached hydrogen (secondary N) is 1. The molecular weight excluding hydrogens is 214 g/mol. The van der Waals surface area contributed by atoms with Crippen molar-refractivity contribution in [1.29, 1.82) is 0 Å². The topological polar surface area (TPSA) is 38.3 Å². The number of hydrogen-bond donors (Lipinski definition) is 1. The van der Waals surface area contributed by atoms with Crippen LogP contribution in [0.2, 0.25) is 0 Å². The minimum Gasteiger partial charge on any atom is -0.375 e. The Hall–Kier alpha value is -1.35. The van der Waals surface area contributed by atoms with Gasteiger partial charge in [-0.2, -0.15) is 0 Å². The highest BCUT2D eigenvalue weighted by Gasteiger charge is 2.12. The SMILES string of the molecule is CC[C@@H](NC(=O)COC)c1ccc(C)c(C)c1. The smallest absolute Gasteiger partial charge is 0.246 e. The number of carbonyl (C=O) groups excluding carboxylic acids is 1. The van der Waals surface area contributed by atoms with Gasteiger partial charge in [-0.15, -0.1) is 0 Å². The molecule has 94 valence electrons. The van der Waals surface area contributed by atoms with Crippen molar-refractivity contribution in [2.45, 2.75) is 33.2 Å². The number of amides is 1. The van der Waals surface area contributed by atoms with E-state index >= 15 is 0 Å². The van der Waals surface area contributed by atoms with Gasteiger partial charge in [-0.25, -0.2) is 0 Å². The average Bonchev–Trinajstić information content (AvgIpc) is 2.30. The van der Waals surface area contributed by atoms with Crippen LogP contribution in [0.1, 0.15) is 36.1 Å². The molecule has 3 heteroatoms. The summed E-state index contributed by atoms with van der Waals surface area (Å²) in [6.07, 6.45) is 0.873. The second kappa shape index (κ2) is 6.40. The van der Waals surface area contributed by atoms with Gasteiger partial charge in [0, 0.05) is 7.11 Å². The number of hydrogen-bond acceptors (Lipinski definition) is 2. The molecule has 3 nitrogen and oxygen atoms in total. The number of rotatable bonds is 5. The summed E-state index contributed by atoms with van der Waals surface area (Å²) in [6.45, 7) is 6.35. The lowest BCUT2D eigenvalue weighted by Crippen LogP contribution is -2.31. The van der Waals surface area contributed by atoms with Gasteiger partial charge in [-0.3, -0.25) is 4.79 Å². The van der Waals surface area contributed by atoms with Crippen molar-refractivity contribution >= 4 is 5.91 Å². The van der Waals surface area contributed by atoms with E-state index in [1.165, 1.54) is 18.2 Å². The third-order valence-electron chi connectivity index (χ3n) is 2.95. The van der Waals surface area contributed by atoms with Crippen LogP contribution in [0.3, 0.4) is 0 Å². The van der Waals surface area contributed by atoms with E-state index in [-0.39, 0.29) is 18.6 Å². The van der Waals surface area contributed by atoms with Gasteiger partial charge in [0.1, 0.15) is 6.61 Å². The molecule has 1 rings (SSSR count). The van der Waals surface area contributed by atoms with Crippen LogP contribution in [0.15, 0.2) is 18.2 Å². The molecule has 0 saturated heterocycles. The first kappa shape index (κ1) is 13.7. The van der Waals surface area contributed by atoms with Gasteiger partial charge in [0.2, 0.25) is 5.91 Å². The first-order chi connectivity index (χ1) is 8.08. The molecular formula is C14H21NO2. The van der Waals surface area contributed by atoms with Crippen molar-refractivity contribution in [3.63, 3.8) is 0 Å². The van der Waals surface area contributed by atoms with E-state index in [1.54, 1.807) is 0 Å². The quantitative estimate of drug-likeness (QED) is 0.851. The Kier molecular flexibility index (Phi) is 5.16. The molecule has 0 aliphatic heterocycles. The Bertz CT molecular complexity index is 388. The summed E-state index contributed by atoms with van der Waals surface area (Å²) in [4.78, 5) is 11.5. The Morgan fingerprint density at radius 3 is 2.59 bits per heavy atom. The largest absolute Gasteiger partial charge is 0.375 e. The van der Waals surface area contributed by atoms with Crippen molar-refractivity contribution in [1.82, 2.24) is 5.32 Å². The normalized spacial score (nSPS) is 12.2. The maximum Gasteiger partial charge on any atom is 0.246 e. The van der Waals surface area contributed by atoms with Gasteiger partial charge in [0.05, 0.1) is 6.04 Å². The molecule has 0 aliphatic rings. The molecule has 0 fully saturated rings. The molecule has 17 heavy (non-hydrogen) atoms. The summed E-state index contributed by atoms with van der Waals surface area (Å²) in [5, 5.41) is 2.97. The van der Waals surface area contributed by atoms with Gasteiger partial charge < -0.3 is 10.1 Å².